The molecule has 0 spiro atoms. The second-order valence-corrected chi connectivity index (χ2v) is 4.98. The van der Waals surface area contributed by atoms with E-state index in [0.29, 0.717) is 12.5 Å². The van der Waals surface area contributed by atoms with Gasteiger partial charge in [0.15, 0.2) is 5.96 Å². The number of nitrogens with one attached hydrogen (secondary N) is 1. The highest BCUT2D eigenvalue weighted by atomic mass is 127. The van der Waals surface area contributed by atoms with Gasteiger partial charge < -0.3 is 15.0 Å². The third kappa shape index (κ3) is 5.63. The smallest absolute Gasteiger partial charge is 0.255 e. The van der Waals surface area contributed by atoms with Gasteiger partial charge in [-0.25, -0.2) is 8.78 Å². The lowest BCUT2D eigenvalue weighted by atomic mass is 9.99. The molecule has 1 aromatic carbocycles. The first-order chi connectivity index (χ1) is 10.6. The Morgan fingerprint density at radius 1 is 1.43 bits per heavy atom. The lowest BCUT2D eigenvalue weighted by Crippen LogP contribution is -2.44. The minimum Gasteiger partial charge on any atom is -0.497 e. The van der Waals surface area contributed by atoms with Crippen molar-refractivity contribution in [2.75, 3.05) is 33.8 Å². The Kier molecular flexibility index (Phi) is 8.29. The number of aliphatic imine (C=N–C) groups is 1. The van der Waals surface area contributed by atoms with Gasteiger partial charge in [0, 0.05) is 20.1 Å². The number of nitrogens with zero attached hydrogens (tertiary/aromatic N) is 2. The van der Waals surface area contributed by atoms with E-state index >= 15 is 0 Å². The number of benzene rings is 1. The second kappa shape index (κ2) is 9.69. The number of alkyl halides is 2. The summed E-state index contributed by atoms with van der Waals surface area (Å²) in [5.41, 5.74) is 2.37. The maximum atomic E-state index is 12.3. The summed E-state index contributed by atoms with van der Waals surface area (Å²) in [6.07, 6.45) is 0.556. The minimum atomic E-state index is -2.38. The zero-order valence-corrected chi connectivity index (χ0v) is 15.6. The van der Waals surface area contributed by atoms with Crippen LogP contribution in [-0.2, 0) is 0 Å². The second-order valence-electron chi connectivity index (χ2n) is 4.98. The zero-order chi connectivity index (χ0) is 15.9. The van der Waals surface area contributed by atoms with Gasteiger partial charge in [-0.05, 0) is 29.7 Å². The molecule has 0 saturated carbocycles. The van der Waals surface area contributed by atoms with E-state index in [9.17, 15) is 8.78 Å². The van der Waals surface area contributed by atoms with Crippen molar-refractivity contribution in [1.29, 1.82) is 0 Å². The number of hydrogen-bond acceptors (Lipinski definition) is 2. The van der Waals surface area contributed by atoms with Crippen LogP contribution in [0, 0.1) is 0 Å². The van der Waals surface area contributed by atoms with Gasteiger partial charge in [-0.15, -0.1) is 24.0 Å². The van der Waals surface area contributed by atoms with Gasteiger partial charge in [0.25, 0.3) is 6.43 Å². The third-order valence-electron chi connectivity index (χ3n) is 3.58. The summed E-state index contributed by atoms with van der Waals surface area (Å²) in [6, 6.07) is 7.93. The SMILES string of the molecule is CN=C(NCC(F)F)N1CC=C(c2cccc(OC)c2)CC1.I. The molecule has 0 aliphatic carbocycles. The van der Waals surface area contributed by atoms with Crippen LogP contribution in [0.3, 0.4) is 0 Å². The molecular weight excluding hydrogens is 415 g/mol. The van der Waals surface area contributed by atoms with Crippen molar-refractivity contribution < 1.29 is 13.5 Å². The van der Waals surface area contributed by atoms with E-state index in [1.54, 1.807) is 14.2 Å². The molecule has 0 fully saturated rings. The number of hydrogen-bond donors (Lipinski definition) is 1. The molecule has 0 radical (unpaired) electrons. The summed E-state index contributed by atoms with van der Waals surface area (Å²) in [7, 11) is 3.25. The maximum Gasteiger partial charge on any atom is 0.255 e. The number of ether oxygens (including phenoxy) is 1. The molecule has 128 valence electrons. The van der Waals surface area contributed by atoms with Crippen LogP contribution in [0.2, 0.25) is 0 Å². The maximum absolute atomic E-state index is 12.3. The monoisotopic (exact) mass is 437 g/mol. The molecule has 0 aromatic heterocycles. The molecule has 4 nitrogen and oxygen atoms in total. The lowest BCUT2D eigenvalue weighted by Gasteiger charge is -2.29. The minimum absolute atomic E-state index is 0. The lowest BCUT2D eigenvalue weighted by molar-refractivity contribution is 0.151. The standard InChI is InChI=1S/C16H21F2N3O.HI/c1-19-16(20-11-15(17)18)21-8-6-12(7-9-21)13-4-3-5-14(10-13)22-2;/h3-6,10,15H,7-9,11H2,1-2H3,(H,19,20);1H. The highest BCUT2D eigenvalue weighted by Crippen LogP contribution is 2.25. The van der Waals surface area contributed by atoms with Gasteiger partial charge >= 0.3 is 0 Å². The molecule has 1 heterocycles. The number of methoxy groups -OCH3 is 1. The highest BCUT2D eigenvalue weighted by Gasteiger charge is 2.17. The molecule has 0 amide bonds. The van der Waals surface area contributed by atoms with Crippen molar-refractivity contribution in [3.8, 4) is 5.75 Å². The Balaban J connectivity index is 0.00000264. The summed E-state index contributed by atoms with van der Waals surface area (Å²) in [4.78, 5) is 6.02. The fraction of sp³-hybridized carbons (Fsp3) is 0.438. The van der Waals surface area contributed by atoms with Crippen molar-refractivity contribution in [3.05, 3.63) is 35.9 Å². The Morgan fingerprint density at radius 2 is 2.22 bits per heavy atom. The van der Waals surface area contributed by atoms with E-state index in [1.807, 2.05) is 29.2 Å². The van der Waals surface area contributed by atoms with Crippen molar-refractivity contribution >= 4 is 35.5 Å². The van der Waals surface area contributed by atoms with Gasteiger partial charge in [-0.1, -0.05) is 18.2 Å². The number of guanidine groups is 1. The Morgan fingerprint density at radius 3 is 2.78 bits per heavy atom. The summed E-state index contributed by atoms with van der Waals surface area (Å²) >= 11 is 0. The molecule has 1 aliphatic rings. The van der Waals surface area contributed by atoms with Crippen molar-refractivity contribution in [1.82, 2.24) is 10.2 Å². The number of rotatable bonds is 4. The van der Waals surface area contributed by atoms with Crippen molar-refractivity contribution in [2.24, 2.45) is 4.99 Å². The molecule has 0 bridgehead atoms. The van der Waals surface area contributed by atoms with Crippen LogP contribution in [0.5, 0.6) is 5.75 Å². The fourth-order valence-corrected chi connectivity index (χ4v) is 2.45. The molecule has 1 aromatic rings. The first kappa shape index (κ1) is 19.7. The summed E-state index contributed by atoms with van der Waals surface area (Å²) in [5, 5.41) is 2.69. The summed E-state index contributed by atoms with van der Waals surface area (Å²) in [6.45, 7) is 1.01. The highest BCUT2D eigenvalue weighted by molar-refractivity contribution is 14.0. The van der Waals surface area contributed by atoms with Crippen LogP contribution in [0.4, 0.5) is 8.78 Å². The Labute approximate surface area is 152 Å². The largest absolute Gasteiger partial charge is 0.497 e. The molecule has 1 aliphatic heterocycles. The van der Waals surface area contributed by atoms with Crippen molar-refractivity contribution in [2.45, 2.75) is 12.8 Å². The van der Waals surface area contributed by atoms with E-state index in [2.05, 4.69) is 16.4 Å². The van der Waals surface area contributed by atoms with Crippen LogP contribution in [0.1, 0.15) is 12.0 Å². The van der Waals surface area contributed by atoms with Gasteiger partial charge in [0.05, 0.1) is 13.7 Å². The molecular formula is C16H22F2IN3O. The number of halogens is 3. The average molecular weight is 437 g/mol. The van der Waals surface area contributed by atoms with Crippen LogP contribution < -0.4 is 10.1 Å². The summed E-state index contributed by atoms with van der Waals surface area (Å²) < 4.78 is 29.8. The van der Waals surface area contributed by atoms with E-state index in [0.717, 1.165) is 24.3 Å². The Hall–Kier alpha value is -1.38. The van der Waals surface area contributed by atoms with Crippen LogP contribution in [-0.4, -0.2) is 51.1 Å². The molecule has 0 saturated heterocycles. The molecule has 0 atom stereocenters. The first-order valence-corrected chi connectivity index (χ1v) is 7.21. The normalized spacial score (nSPS) is 15.1. The predicted molar refractivity (Wildman–Crippen MR) is 99.9 cm³/mol. The molecule has 0 unspecified atom stereocenters. The molecule has 7 heteroatoms. The third-order valence-corrected chi connectivity index (χ3v) is 3.58. The molecule has 2 rings (SSSR count). The Bertz CT molecular complexity index is 564. The van der Waals surface area contributed by atoms with Gasteiger partial charge in [-0.2, -0.15) is 0 Å². The predicted octanol–water partition coefficient (Wildman–Crippen LogP) is 3.24. The first-order valence-electron chi connectivity index (χ1n) is 7.21. The van der Waals surface area contributed by atoms with Crippen molar-refractivity contribution in [3.63, 3.8) is 0 Å². The van der Waals surface area contributed by atoms with E-state index in [-0.39, 0.29) is 30.5 Å². The van der Waals surface area contributed by atoms with Crippen LogP contribution in [0.25, 0.3) is 5.57 Å². The molecule has 1 N–H and O–H groups in total. The van der Waals surface area contributed by atoms with E-state index < -0.39 is 6.43 Å². The van der Waals surface area contributed by atoms with Gasteiger partial charge in [0.2, 0.25) is 0 Å². The zero-order valence-electron chi connectivity index (χ0n) is 13.3. The fourth-order valence-electron chi connectivity index (χ4n) is 2.45. The topological polar surface area (TPSA) is 36.9 Å². The van der Waals surface area contributed by atoms with Crippen LogP contribution >= 0.6 is 24.0 Å². The van der Waals surface area contributed by atoms with E-state index in [1.165, 1.54) is 5.57 Å². The molecule has 23 heavy (non-hydrogen) atoms. The van der Waals surface area contributed by atoms with Gasteiger partial charge in [-0.3, -0.25) is 4.99 Å². The van der Waals surface area contributed by atoms with Gasteiger partial charge in [0.1, 0.15) is 5.75 Å². The quantitative estimate of drug-likeness (QED) is 0.447. The van der Waals surface area contributed by atoms with E-state index in [4.69, 9.17) is 4.74 Å². The van der Waals surface area contributed by atoms with Crippen LogP contribution in [0.15, 0.2) is 35.3 Å². The average Bonchev–Trinajstić information content (AvgIpc) is 2.56. The summed E-state index contributed by atoms with van der Waals surface area (Å²) in [5.74, 6) is 1.34.